The van der Waals surface area contributed by atoms with Gasteiger partial charge in [0.05, 0.1) is 17.4 Å². The molecule has 26 heavy (non-hydrogen) atoms. The zero-order valence-corrected chi connectivity index (χ0v) is 15.9. The summed E-state index contributed by atoms with van der Waals surface area (Å²) in [4.78, 5) is 15.8. The van der Waals surface area contributed by atoms with Crippen LogP contribution in [0, 0.1) is 6.92 Å². The molecular weight excluding hydrogens is 344 g/mol. The number of nitrogens with zero attached hydrogens (tertiary/aromatic N) is 2. The Morgan fingerprint density at radius 1 is 1.23 bits per heavy atom. The number of amidine groups is 1. The number of aliphatic imine (C=N–C) groups is 1. The highest BCUT2D eigenvalue weighted by molar-refractivity contribution is 8.14. The molecular formula is C20H22N4OS. The Bertz CT molecular complexity index is 858. The van der Waals surface area contributed by atoms with Crippen LogP contribution in [0.4, 0.5) is 5.69 Å². The van der Waals surface area contributed by atoms with Crippen molar-refractivity contribution in [1.29, 1.82) is 0 Å². The van der Waals surface area contributed by atoms with Gasteiger partial charge in [0.25, 0.3) is 0 Å². The van der Waals surface area contributed by atoms with Crippen LogP contribution in [0.1, 0.15) is 36.6 Å². The highest BCUT2D eigenvalue weighted by atomic mass is 32.2. The van der Waals surface area contributed by atoms with E-state index in [1.54, 1.807) is 11.8 Å². The number of hydrogen-bond acceptors (Lipinski definition) is 4. The van der Waals surface area contributed by atoms with Crippen molar-refractivity contribution in [3.63, 3.8) is 0 Å². The molecule has 0 saturated carbocycles. The van der Waals surface area contributed by atoms with Crippen molar-refractivity contribution >= 4 is 34.2 Å². The predicted octanol–water partition coefficient (Wildman–Crippen LogP) is 3.92. The van der Waals surface area contributed by atoms with Crippen LogP contribution in [-0.2, 0) is 4.79 Å². The highest BCUT2D eigenvalue weighted by Gasteiger charge is 2.14. The fourth-order valence-corrected chi connectivity index (χ4v) is 3.45. The third-order valence-corrected chi connectivity index (χ3v) is 5.01. The Kier molecular flexibility index (Phi) is 5.73. The van der Waals surface area contributed by atoms with Crippen LogP contribution in [0.5, 0.6) is 0 Å². The summed E-state index contributed by atoms with van der Waals surface area (Å²) < 4.78 is 0. The average molecular weight is 366 g/mol. The summed E-state index contributed by atoms with van der Waals surface area (Å²) in [5.74, 6) is 0.734. The van der Waals surface area contributed by atoms with Gasteiger partial charge in [-0.2, -0.15) is 5.10 Å². The topological polar surface area (TPSA) is 65.8 Å². The smallest absolute Gasteiger partial charge is 0.217 e. The molecule has 1 amide bonds. The molecule has 1 aliphatic rings. The molecule has 2 N–H and O–H groups in total. The van der Waals surface area contributed by atoms with Gasteiger partial charge in [0.15, 0.2) is 5.17 Å². The summed E-state index contributed by atoms with van der Waals surface area (Å²) in [6, 6.07) is 16.2. The van der Waals surface area contributed by atoms with Crippen LogP contribution in [0.3, 0.4) is 0 Å². The molecule has 0 radical (unpaired) electrons. The monoisotopic (exact) mass is 366 g/mol. The van der Waals surface area contributed by atoms with Crippen molar-refractivity contribution in [1.82, 2.24) is 10.7 Å². The van der Waals surface area contributed by atoms with Crippen LogP contribution in [-0.4, -0.2) is 22.5 Å². The lowest BCUT2D eigenvalue weighted by atomic mass is 10.0. The summed E-state index contributed by atoms with van der Waals surface area (Å²) in [7, 11) is 0. The normalized spacial score (nSPS) is 16.6. The first-order valence-electron chi connectivity index (χ1n) is 8.50. The lowest BCUT2D eigenvalue weighted by Crippen LogP contribution is -2.25. The summed E-state index contributed by atoms with van der Waals surface area (Å²) >= 11 is 1.64. The fraction of sp³-hybridized carbons (Fsp3) is 0.250. The minimum Gasteiger partial charge on any atom is -0.350 e. The molecule has 3 rings (SSSR count). The number of rotatable bonds is 4. The number of amides is 1. The van der Waals surface area contributed by atoms with Gasteiger partial charge in [-0.1, -0.05) is 54.2 Å². The highest BCUT2D eigenvalue weighted by Crippen LogP contribution is 2.22. The number of hydrogen-bond donors (Lipinski definition) is 2. The number of nitrogens with one attached hydrogen (secondary N) is 2. The lowest BCUT2D eigenvalue weighted by Gasteiger charge is -2.17. The van der Waals surface area contributed by atoms with Gasteiger partial charge >= 0.3 is 0 Å². The summed E-state index contributed by atoms with van der Waals surface area (Å²) in [5, 5.41) is 8.17. The third-order valence-electron chi connectivity index (χ3n) is 4.13. The first kappa shape index (κ1) is 18.2. The maximum absolute atomic E-state index is 11.2. The number of carbonyl (C=O) groups is 1. The Balaban J connectivity index is 1.69. The van der Waals surface area contributed by atoms with E-state index in [0.717, 1.165) is 39.0 Å². The van der Waals surface area contributed by atoms with E-state index in [1.807, 2.05) is 62.4 Å². The van der Waals surface area contributed by atoms with E-state index in [1.165, 1.54) is 6.92 Å². The minimum absolute atomic E-state index is 0.00445. The second-order valence-electron chi connectivity index (χ2n) is 6.21. The zero-order chi connectivity index (χ0) is 18.5. The largest absolute Gasteiger partial charge is 0.350 e. The maximum atomic E-state index is 11.2. The summed E-state index contributed by atoms with van der Waals surface area (Å²) in [6.45, 7) is 5.55. The van der Waals surface area contributed by atoms with Gasteiger partial charge in [-0.3, -0.25) is 10.2 Å². The molecule has 6 heteroatoms. The fourth-order valence-electron chi connectivity index (χ4n) is 2.67. The predicted molar refractivity (Wildman–Crippen MR) is 109 cm³/mol. The number of carbonyl (C=O) groups excluding carboxylic acids is 1. The van der Waals surface area contributed by atoms with Gasteiger partial charge in [0.1, 0.15) is 0 Å². The molecule has 134 valence electrons. The number of aryl methyl sites for hydroxylation is 1. The Morgan fingerprint density at radius 3 is 2.58 bits per heavy atom. The Morgan fingerprint density at radius 2 is 1.96 bits per heavy atom. The van der Waals surface area contributed by atoms with Crippen LogP contribution in [0.15, 0.2) is 58.6 Å². The van der Waals surface area contributed by atoms with E-state index in [4.69, 9.17) is 0 Å². The number of hydrazone groups is 1. The SMILES string of the molecule is CC(=O)N[C@@H](C)c1ccc(C2=NNC(=Nc3ccccc3C)SC2)cc1. The molecule has 0 spiro atoms. The van der Waals surface area contributed by atoms with Crippen molar-refractivity contribution in [3.8, 4) is 0 Å². The van der Waals surface area contributed by atoms with Gasteiger partial charge < -0.3 is 5.32 Å². The van der Waals surface area contributed by atoms with E-state index in [2.05, 4.69) is 20.8 Å². The molecule has 2 aromatic carbocycles. The first-order valence-corrected chi connectivity index (χ1v) is 9.48. The Labute approximate surface area is 158 Å². The maximum Gasteiger partial charge on any atom is 0.217 e. The molecule has 0 aromatic heterocycles. The van der Waals surface area contributed by atoms with Crippen LogP contribution < -0.4 is 10.7 Å². The van der Waals surface area contributed by atoms with Crippen molar-refractivity contribution in [2.45, 2.75) is 26.8 Å². The zero-order valence-electron chi connectivity index (χ0n) is 15.1. The third kappa shape index (κ3) is 4.52. The van der Waals surface area contributed by atoms with Crippen molar-refractivity contribution in [2.75, 3.05) is 5.75 Å². The van der Waals surface area contributed by atoms with E-state index in [-0.39, 0.29) is 11.9 Å². The summed E-state index contributed by atoms with van der Waals surface area (Å²) in [6.07, 6.45) is 0. The van der Waals surface area contributed by atoms with Gasteiger partial charge in [-0.15, -0.1) is 0 Å². The van der Waals surface area contributed by atoms with E-state index >= 15 is 0 Å². The Hall–Kier alpha value is -2.60. The molecule has 0 saturated heterocycles. The second kappa shape index (κ2) is 8.19. The van der Waals surface area contributed by atoms with E-state index < -0.39 is 0 Å². The standard InChI is InChI=1S/C20H22N4OS/c1-13-6-4-5-7-18(13)22-20-24-23-19(12-26-20)17-10-8-16(9-11-17)14(2)21-15(3)25/h4-11,14H,12H2,1-3H3,(H,21,25)(H,22,24)/t14-/m0/s1. The van der Waals surface area contributed by atoms with Gasteiger partial charge in [0, 0.05) is 12.7 Å². The van der Waals surface area contributed by atoms with Crippen LogP contribution in [0.25, 0.3) is 0 Å². The van der Waals surface area contributed by atoms with Crippen LogP contribution in [0.2, 0.25) is 0 Å². The number of thioether (sulfide) groups is 1. The molecule has 5 nitrogen and oxygen atoms in total. The van der Waals surface area contributed by atoms with E-state index in [9.17, 15) is 4.79 Å². The number of para-hydroxylation sites is 1. The molecule has 1 heterocycles. The molecule has 1 aliphatic heterocycles. The molecule has 2 aromatic rings. The molecule has 0 bridgehead atoms. The van der Waals surface area contributed by atoms with Crippen LogP contribution >= 0.6 is 11.8 Å². The second-order valence-corrected chi connectivity index (χ2v) is 7.17. The summed E-state index contributed by atoms with van der Waals surface area (Å²) in [5.41, 5.74) is 8.27. The molecule has 0 fully saturated rings. The van der Waals surface area contributed by atoms with Gasteiger partial charge in [0.2, 0.25) is 5.91 Å². The van der Waals surface area contributed by atoms with Crippen molar-refractivity contribution in [2.24, 2.45) is 10.1 Å². The lowest BCUT2D eigenvalue weighted by molar-refractivity contribution is -0.119. The molecule has 0 aliphatic carbocycles. The average Bonchev–Trinajstić information content (AvgIpc) is 2.64. The number of benzene rings is 2. The van der Waals surface area contributed by atoms with Gasteiger partial charge in [-0.05, 0) is 36.6 Å². The minimum atomic E-state index is -0.0284. The van der Waals surface area contributed by atoms with Gasteiger partial charge in [-0.25, -0.2) is 4.99 Å². The molecule has 1 atom stereocenters. The molecule has 0 unspecified atom stereocenters. The van der Waals surface area contributed by atoms with E-state index in [0.29, 0.717) is 0 Å². The van der Waals surface area contributed by atoms with Crippen molar-refractivity contribution in [3.05, 3.63) is 65.2 Å². The quantitative estimate of drug-likeness (QED) is 0.862. The first-order chi connectivity index (χ1) is 12.5. The van der Waals surface area contributed by atoms with Crippen molar-refractivity contribution < 1.29 is 4.79 Å².